The molecule has 13 rings (SSSR count). The molecule has 1 nitrogen and oxygen atoms in total. The molecule has 67 heavy (non-hydrogen) atoms. The van der Waals surface area contributed by atoms with Crippen LogP contribution in [0, 0.1) is 0 Å². The van der Waals surface area contributed by atoms with Crippen molar-refractivity contribution >= 4 is 70.1 Å². The molecule has 0 N–H and O–H groups in total. The SMILES string of the molecule is CC1(C)c2cc(-c3ccccc3)ccc2-c2ccc(N(c3ccc(-c4ccc(-c5ccc6sc7ccccc7c6c5)cc4)cc3)c3ccc(-c4cc5ccccc5c5ccccc45)cc3)cc21. The Morgan fingerprint density at radius 2 is 0.776 bits per heavy atom. The van der Waals surface area contributed by atoms with Crippen molar-refractivity contribution in [3.8, 4) is 55.6 Å². The second-order valence-electron chi connectivity index (χ2n) is 18.5. The number of rotatable bonds is 7. The molecule has 0 bridgehead atoms. The zero-order chi connectivity index (χ0) is 44.6. The maximum Gasteiger partial charge on any atom is 0.0465 e. The average Bonchev–Trinajstić information content (AvgIpc) is 3.87. The van der Waals surface area contributed by atoms with E-state index in [1.807, 2.05) is 11.3 Å². The predicted molar refractivity (Wildman–Crippen MR) is 288 cm³/mol. The van der Waals surface area contributed by atoms with E-state index in [1.165, 1.54) is 108 Å². The van der Waals surface area contributed by atoms with Crippen LogP contribution in [0.3, 0.4) is 0 Å². The largest absolute Gasteiger partial charge is 0.310 e. The van der Waals surface area contributed by atoms with Gasteiger partial charge >= 0.3 is 0 Å². The molecule has 0 unspecified atom stereocenters. The van der Waals surface area contributed by atoms with Gasteiger partial charge in [-0.1, -0.05) is 184 Å². The molecule has 1 aliphatic carbocycles. The molecule has 12 aromatic rings. The van der Waals surface area contributed by atoms with Crippen LogP contribution < -0.4 is 4.90 Å². The third kappa shape index (κ3) is 6.59. The number of hydrogen-bond acceptors (Lipinski definition) is 2. The van der Waals surface area contributed by atoms with Crippen LogP contribution >= 0.6 is 11.3 Å². The normalized spacial score (nSPS) is 12.7. The summed E-state index contributed by atoms with van der Waals surface area (Å²) in [6, 6.07) is 87.6. The standard InChI is InChI=1S/C65H45NS/c1-65(2)61-40-48(42-12-4-3-5-13-42)28-35-56(61)57-36-34-52(41-62(57)65)66(51-32-26-46(27-33-51)59-39-49-14-6-7-15-53(49)54-16-8-9-17-55(54)59)50-30-24-44(25-31-50)43-20-22-45(23-21-43)47-29-37-64-60(38-47)58-18-10-11-19-63(58)67-64/h3-41H,1-2H3. The molecule has 1 aliphatic rings. The molecule has 0 saturated heterocycles. The minimum absolute atomic E-state index is 0.183. The highest BCUT2D eigenvalue weighted by Gasteiger charge is 2.36. The number of fused-ring (bicyclic) bond motifs is 9. The number of anilines is 3. The van der Waals surface area contributed by atoms with E-state index in [4.69, 9.17) is 0 Å². The van der Waals surface area contributed by atoms with Crippen LogP contribution in [0.2, 0.25) is 0 Å². The predicted octanol–water partition coefficient (Wildman–Crippen LogP) is 18.8. The molecule has 0 amide bonds. The molecule has 0 fully saturated rings. The lowest BCUT2D eigenvalue weighted by Crippen LogP contribution is -2.16. The number of thiophene rings is 1. The first-order valence-electron chi connectivity index (χ1n) is 23.2. The van der Waals surface area contributed by atoms with E-state index in [0.717, 1.165) is 17.1 Å². The van der Waals surface area contributed by atoms with Crippen LogP contribution in [0.5, 0.6) is 0 Å². The van der Waals surface area contributed by atoms with Gasteiger partial charge in [0.2, 0.25) is 0 Å². The van der Waals surface area contributed by atoms with Gasteiger partial charge in [-0.3, -0.25) is 0 Å². The minimum atomic E-state index is -0.183. The Bertz CT molecular complexity index is 3860. The Morgan fingerprint density at radius 3 is 1.51 bits per heavy atom. The smallest absolute Gasteiger partial charge is 0.0465 e. The van der Waals surface area contributed by atoms with E-state index in [1.54, 1.807) is 0 Å². The van der Waals surface area contributed by atoms with Crippen molar-refractivity contribution in [2.45, 2.75) is 19.3 Å². The Morgan fingerprint density at radius 1 is 0.299 bits per heavy atom. The molecular formula is C65H45NS. The molecule has 1 aromatic heterocycles. The molecule has 1 heterocycles. The second-order valence-corrected chi connectivity index (χ2v) is 19.6. The molecule has 0 atom stereocenters. The van der Waals surface area contributed by atoms with Crippen LogP contribution in [0.25, 0.3) is 97.4 Å². The summed E-state index contributed by atoms with van der Waals surface area (Å²) in [5, 5.41) is 7.74. The summed E-state index contributed by atoms with van der Waals surface area (Å²) in [5.41, 5.74) is 18.3. The highest BCUT2D eigenvalue weighted by Crippen LogP contribution is 2.52. The number of hydrogen-bond donors (Lipinski definition) is 0. The van der Waals surface area contributed by atoms with Gasteiger partial charge < -0.3 is 4.90 Å². The van der Waals surface area contributed by atoms with Crippen molar-refractivity contribution in [2.24, 2.45) is 0 Å². The van der Waals surface area contributed by atoms with Gasteiger partial charge in [0.1, 0.15) is 0 Å². The molecule has 11 aromatic carbocycles. The molecular weight excluding hydrogens is 827 g/mol. The Kier molecular flexibility index (Phi) is 9.13. The van der Waals surface area contributed by atoms with Gasteiger partial charge in [-0.2, -0.15) is 0 Å². The lowest BCUT2D eigenvalue weighted by atomic mass is 9.81. The Labute approximate surface area is 395 Å². The van der Waals surface area contributed by atoms with Gasteiger partial charge in [-0.05, 0) is 155 Å². The number of benzene rings is 11. The summed E-state index contributed by atoms with van der Waals surface area (Å²) >= 11 is 1.86. The van der Waals surface area contributed by atoms with E-state index < -0.39 is 0 Å². The van der Waals surface area contributed by atoms with Crippen molar-refractivity contribution in [1.82, 2.24) is 0 Å². The fourth-order valence-electron chi connectivity index (χ4n) is 10.8. The number of nitrogens with zero attached hydrogens (tertiary/aromatic N) is 1. The van der Waals surface area contributed by atoms with Crippen molar-refractivity contribution in [2.75, 3.05) is 4.90 Å². The van der Waals surface area contributed by atoms with Crippen LogP contribution in [0.15, 0.2) is 237 Å². The molecule has 0 spiro atoms. The van der Waals surface area contributed by atoms with Crippen molar-refractivity contribution in [3.05, 3.63) is 248 Å². The Hall–Kier alpha value is -8.04. The fraction of sp³-hybridized carbons (Fsp3) is 0.0462. The fourth-order valence-corrected chi connectivity index (χ4v) is 11.9. The first-order valence-corrected chi connectivity index (χ1v) is 24.0. The minimum Gasteiger partial charge on any atom is -0.310 e. The van der Waals surface area contributed by atoms with Gasteiger partial charge in [0.15, 0.2) is 0 Å². The van der Waals surface area contributed by atoms with E-state index >= 15 is 0 Å². The van der Waals surface area contributed by atoms with E-state index in [0.29, 0.717) is 0 Å². The van der Waals surface area contributed by atoms with Gasteiger partial charge in [0.05, 0.1) is 0 Å². The van der Waals surface area contributed by atoms with E-state index in [9.17, 15) is 0 Å². The van der Waals surface area contributed by atoms with Crippen LogP contribution in [0.4, 0.5) is 17.1 Å². The first-order chi connectivity index (χ1) is 32.9. The molecule has 0 saturated carbocycles. The topological polar surface area (TPSA) is 3.24 Å². The van der Waals surface area contributed by atoms with Crippen LogP contribution in [0.1, 0.15) is 25.0 Å². The lowest BCUT2D eigenvalue weighted by Gasteiger charge is -2.28. The lowest BCUT2D eigenvalue weighted by molar-refractivity contribution is 0.660. The van der Waals surface area contributed by atoms with Crippen molar-refractivity contribution in [1.29, 1.82) is 0 Å². The Balaban J connectivity index is 0.877. The van der Waals surface area contributed by atoms with E-state index in [2.05, 4.69) is 255 Å². The molecule has 316 valence electrons. The molecule has 0 aliphatic heterocycles. The summed E-state index contributed by atoms with van der Waals surface area (Å²) in [4.78, 5) is 2.42. The molecule has 0 radical (unpaired) electrons. The zero-order valence-electron chi connectivity index (χ0n) is 37.4. The van der Waals surface area contributed by atoms with Crippen molar-refractivity contribution in [3.63, 3.8) is 0 Å². The van der Waals surface area contributed by atoms with E-state index in [-0.39, 0.29) is 5.41 Å². The van der Waals surface area contributed by atoms with Gasteiger partial charge in [0, 0.05) is 42.6 Å². The highest BCUT2D eigenvalue weighted by atomic mass is 32.1. The van der Waals surface area contributed by atoms with Crippen molar-refractivity contribution < 1.29 is 0 Å². The summed E-state index contributed by atoms with van der Waals surface area (Å²) in [5.74, 6) is 0. The monoisotopic (exact) mass is 871 g/mol. The average molecular weight is 872 g/mol. The highest BCUT2D eigenvalue weighted by molar-refractivity contribution is 7.25. The summed E-state index contributed by atoms with van der Waals surface area (Å²) in [6.45, 7) is 4.76. The van der Waals surface area contributed by atoms with Crippen LogP contribution in [-0.4, -0.2) is 0 Å². The zero-order valence-corrected chi connectivity index (χ0v) is 38.2. The summed E-state index contributed by atoms with van der Waals surface area (Å²) < 4.78 is 2.67. The molecule has 2 heteroatoms. The third-order valence-corrected chi connectivity index (χ3v) is 15.4. The first kappa shape index (κ1) is 39.3. The maximum absolute atomic E-state index is 2.44. The van der Waals surface area contributed by atoms with Gasteiger partial charge in [-0.15, -0.1) is 11.3 Å². The van der Waals surface area contributed by atoms with Crippen LogP contribution in [-0.2, 0) is 5.41 Å². The van der Waals surface area contributed by atoms with Gasteiger partial charge in [-0.25, -0.2) is 0 Å². The van der Waals surface area contributed by atoms with Gasteiger partial charge in [0.25, 0.3) is 0 Å². The maximum atomic E-state index is 2.44. The third-order valence-electron chi connectivity index (χ3n) is 14.3. The second kappa shape index (κ2) is 15.6. The summed E-state index contributed by atoms with van der Waals surface area (Å²) in [7, 11) is 0. The quantitative estimate of drug-likeness (QED) is 0.144. The summed E-state index contributed by atoms with van der Waals surface area (Å²) in [6.07, 6.45) is 0.